The van der Waals surface area contributed by atoms with Crippen LogP contribution in [0.1, 0.15) is 83.1 Å². The van der Waals surface area contributed by atoms with E-state index in [0.29, 0.717) is 23.5 Å². The SMILES string of the molecule is CCCCCCCCCCCCCc1cc(Oc2ccccc2)cc(O)c1S(=O)(=O)O. The zero-order chi connectivity index (χ0) is 22.5. The van der Waals surface area contributed by atoms with Crippen LogP contribution in [0.15, 0.2) is 47.4 Å². The highest BCUT2D eigenvalue weighted by Crippen LogP contribution is 2.34. The van der Waals surface area contributed by atoms with Crippen LogP contribution in [0.2, 0.25) is 0 Å². The van der Waals surface area contributed by atoms with Crippen molar-refractivity contribution < 1.29 is 22.8 Å². The number of phenols is 1. The quantitative estimate of drug-likeness (QED) is 0.221. The molecular formula is C25H36O5S. The lowest BCUT2D eigenvalue weighted by Crippen LogP contribution is -2.04. The first-order valence-electron chi connectivity index (χ1n) is 11.5. The predicted octanol–water partition coefficient (Wildman–Crippen LogP) is 7.28. The molecule has 2 N–H and O–H groups in total. The Balaban J connectivity index is 1.87. The van der Waals surface area contributed by atoms with Crippen LogP contribution >= 0.6 is 0 Å². The highest BCUT2D eigenvalue weighted by atomic mass is 32.2. The van der Waals surface area contributed by atoms with Crippen LogP contribution in [0, 0.1) is 0 Å². The Morgan fingerprint density at radius 3 is 1.87 bits per heavy atom. The minimum atomic E-state index is -4.52. The molecule has 5 nitrogen and oxygen atoms in total. The van der Waals surface area contributed by atoms with Crippen LogP contribution in [-0.4, -0.2) is 18.1 Å². The monoisotopic (exact) mass is 448 g/mol. The lowest BCUT2D eigenvalue weighted by Gasteiger charge is -2.13. The second-order valence-corrected chi connectivity index (χ2v) is 9.46. The van der Waals surface area contributed by atoms with Gasteiger partial charge in [0.05, 0.1) is 0 Å². The Kier molecular flexibility index (Phi) is 10.9. The molecule has 2 rings (SSSR count). The molecule has 0 aliphatic rings. The fourth-order valence-corrected chi connectivity index (χ4v) is 4.61. The van der Waals surface area contributed by atoms with E-state index in [1.54, 1.807) is 18.2 Å². The minimum Gasteiger partial charge on any atom is -0.506 e. The smallest absolute Gasteiger partial charge is 0.298 e. The molecule has 0 fully saturated rings. The van der Waals surface area contributed by atoms with E-state index in [0.717, 1.165) is 19.3 Å². The summed E-state index contributed by atoms with van der Waals surface area (Å²) in [6.07, 6.45) is 13.6. The molecule has 0 bridgehead atoms. The van der Waals surface area contributed by atoms with Crippen LogP contribution in [0.25, 0.3) is 0 Å². The number of benzene rings is 2. The number of ether oxygens (including phenoxy) is 1. The van der Waals surface area contributed by atoms with Crippen LogP contribution < -0.4 is 4.74 Å². The lowest BCUT2D eigenvalue weighted by molar-refractivity contribution is 0.430. The average molecular weight is 449 g/mol. The molecule has 6 heteroatoms. The van der Waals surface area contributed by atoms with Gasteiger partial charge in [-0.15, -0.1) is 0 Å². The number of para-hydroxylation sites is 1. The Morgan fingerprint density at radius 2 is 1.32 bits per heavy atom. The summed E-state index contributed by atoms with van der Waals surface area (Å²) in [6, 6.07) is 11.9. The van der Waals surface area contributed by atoms with Crippen molar-refractivity contribution >= 4 is 10.1 Å². The van der Waals surface area contributed by atoms with Gasteiger partial charge < -0.3 is 9.84 Å². The Morgan fingerprint density at radius 1 is 0.774 bits per heavy atom. The zero-order valence-corrected chi connectivity index (χ0v) is 19.4. The zero-order valence-electron chi connectivity index (χ0n) is 18.6. The van der Waals surface area contributed by atoms with Gasteiger partial charge in [0, 0.05) is 6.07 Å². The van der Waals surface area contributed by atoms with Crippen molar-refractivity contribution in [2.45, 2.75) is 88.9 Å². The van der Waals surface area contributed by atoms with Crippen molar-refractivity contribution in [1.82, 2.24) is 0 Å². The summed E-state index contributed by atoms with van der Waals surface area (Å²) in [6.45, 7) is 2.23. The summed E-state index contributed by atoms with van der Waals surface area (Å²) in [7, 11) is -4.52. The molecule has 0 heterocycles. The number of phenolic OH excluding ortho intramolecular Hbond substituents is 1. The molecule has 2 aromatic rings. The van der Waals surface area contributed by atoms with Gasteiger partial charge >= 0.3 is 0 Å². The third-order valence-corrected chi connectivity index (χ3v) is 6.39. The van der Waals surface area contributed by atoms with Gasteiger partial charge in [-0.1, -0.05) is 89.3 Å². The van der Waals surface area contributed by atoms with Crippen LogP contribution in [0.4, 0.5) is 0 Å². The van der Waals surface area contributed by atoms with Crippen molar-refractivity contribution in [3.05, 3.63) is 48.0 Å². The van der Waals surface area contributed by atoms with Gasteiger partial charge in [-0.25, -0.2) is 0 Å². The summed E-state index contributed by atoms with van der Waals surface area (Å²) in [4.78, 5) is -0.417. The maximum atomic E-state index is 11.8. The van der Waals surface area contributed by atoms with Gasteiger partial charge in [-0.3, -0.25) is 4.55 Å². The predicted molar refractivity (Wildman–Crippen MR) is 125 cm³/mol. The summed E-state index contributed by atoms with van der Waals surface area (Å²) in [5.41, 5.74) is 0.379. The molecule has 0 saturated heterocycles. The average Bonchev–Trinajstić information content (AvgIpc) is 2.71. The highest BCUT2D eigenvalue weighted by molar-refractivity contribution is 7.86. The Bertz CT molecular complexity index is 878. The molecule has 0 aliphatic heterocycles. The Labute approximate surface area is 187 Å². The van der Waals surface area contributed by atoms with Gasteiger partial charge in [0.25, 0.3) is 10.1 Å². The molecule has 0 atom stereocenters. The van der Waals surface area contributed by atoms with Crippen molar-refractivity contribution in [3.63, 3.8) is 0 Å². The van der Waals surface area contributed by atoms with E-state index in [1.807, 2.05) is 18.2 Å². The molecule has 0 spiro atoms. The van der Waals surface area contributed by atoms with Crippen LogP contribution in [-0.2, 0) is 16.5 Å². The van der Waals surface area contributed by atoms with Crippen molar-refractivity contribution in [3.8, 4) is 17.2 Å². The van der Waals surface area contributed by atoms with Crippen molar-refractivity contribution in [2.75, 3.05) is 0 Å². The van der Waals surface area contributed by atoms with Crippen molar-refractivity contribution in [2.24, 2.45) is 0 Å². The maximum Gasteiger partial charge on any atom is 0.298 e. The second kappa shape index (κ2) is 13.4. The third kappa shape index (κ3) is 9.32. The van der Waals surface area contributed by atoms with Crippen LogP contribution in [0.3, 0.4) is 0 Å². The number of hydrogen-bond donors (Lipinski definition) is 2. The largest absolute Gasteiger partial charge is 0.506 e. The van der Waals surface area contributed by atoms with Gasteiger partial charge in [0.15, 0.2) is 0 Å². The number of rotatable bonds is 15. The second-order valence-electron chi connectivity index (χ2n) is 8.11. The maximum absolute atomic E-state index is 11.8. The highest BCUT2D eigenvalue weighted by Gasteiger charge is 2.22. The van der Waals surface area contributed by atoms with Gasteiger partial charge in [-0.05, 0) is 36.6 Å². The number of aryl methyl sites for hydroxylation is 1. The lowest BCUT2D eigenvalue weighted by atomic mass is 10.0. The van der Waals surface area contributed by atoms with E-state index in [1.165, 1.54) is 57.4 Å². The van der Waals surface area contributed by atoms with E-state index in [4.69, 9.17) is 4.74 Å². The Hall–Kier alpha value is -2.05. The first kappa shape index (κ1) is 25.2. The summed E-state index contributed by atoms with van der Waals surface area (Å²) in [5, 5.41) is 10.2. The number of unbranched alkanes of at least 4 members (excludes halogenated alkanes) is 10. The molecule has 0 aromatic heterocycles. The van der Waals surface area contributed by atoms with Crippen molar-refractivity contribution in [1.29, 1.82) is 0 Å². The first-order chi connectivity index (χ1) is 14.9. The molecule has 0 saturated carbocycles. The van der Waals surface area contributed by atoms with E-state index >= 15 is 0 Å². The van der Waals surface area contributed by atoms with E-state index in [9.17, 15) is 18.1 Å². The fourth-order valence-electron chi connectivity index (χ4n) is 3.79. The van der Waals surface area contributed by atoms with E-state index in [-0.39, 0.29) is 0 Å². The van der Waals surface area contributed by atoms with E-state index in [2.05, 4.69) is 6.92 Å². The van der Waals surface area contributed by atoms with Gasteiger partial charge in [0.2, 0.25) is 0 Å². The topological polar surface area (TPSA) is 83.8 Å². The van der Waals surface area contributed by atoms with Gasteiger partial charge in [0.1, 0.15) is 22.1 Å². The molecule has 0 aliphatic carbocycles. The number of hydrogen-bond acceptors (Lipinski definition) is 4. The minimum absolute atomic E-state index is 0.342. The molecule has 0 radical (unpaired) electrons. The fraction of sp³-hybridized carbons (Fsp3) is 0.520. The molecule has 31 heavy (non-hydrogen) atoms. The molecule has 0 unspecified atom stereocenters. The molecule has 172 valence electrons. The first-order valence-corrected chi connectivity index (χ1v) is 12.9. The third-order valence-electron chi connectivity index (χ3n) is 5.41. The summed E-state index contributed by atoms with van der Waals surface area (Å²) >= 11 is 0. The molecule has 2 aromatic carbocycles. The molecular weight excluding hydrogens is 412 g/mol. The van der Waals surface area contributed by atoms with Crippen LogP contribution in [0.5, 0.6) is 17.2 Å². The van der Waals surface area contributed by atoms with Gasteiger partial charge in [-0.2, -0.15) is 8.42 Å². The van der Waals surface area contributed by atoms with E-state index < -0.39 is 20.8 Å². The normalized spacial score (nSPS) is 11.5. The standard InChI is InChI=1S/C25H36O5S/c1-2-3-4-5-6-7-8-9-10-11-13-16-21-19-23(30-22-17-14-12-15-18-22)20-24(26)25(21)31(27,28)29/h12,14-15,17-20,26H,2-11,13,16H2,1H3,(H,27,28,29). The number of aromatic hydroxyl groups is 1. The summed E-state index contributed by atoms with van der Waals surface area (Å²) in [5.74, 6) is 0.435. The summed E-state index contributed by atoms with van der Waals surface area (Å²) < 4.78 is 38.9. The molecule has 0 amide bonds.